The van der Waals surface area contributed by atoms with E-state index in [1.54, 1.807) is 11.9 Å². The maximum atomic E-state index is 11.9. The molecule has 4 heteroatoms. The van der Waals surface area contributed by atoms with Crippen molar-refractivity contribution in [3.05, 3.63) is 59.7 Å². The first-order valence-electron chi connectivity index (χ1n) is 7.00. The zero-order valence-corrected chi connectivity index (χ0v) is 12.3. The number of nitrogens with zero attached hydrogens (tertiary/aromatic N) is 2. The lowest BCUT2D eigenvalue weighted by Gasteiger charge is -2.21. The number of hydrogen-bond acceptors (Lipinski definition) is 3. The molecule has 0 fully saturated rings. The van der Waals surface area contributed by atoms with Crippen LogP contribution in [0.25, 0.3) is 0 Å². The van der Waals surface area contributed by atoms with Gasteiger partial charge in [0.25, 0.3) is 0 Å². The number of carbonyl (C=O) groups is 1. The predicted molar refractivity (Wildman–Crippen MR) is 85.3 cm³/mol. The Hall–Kier alpha value is -2.33. The summed E-state index contributed by atoms with van der Waals surface area (Å²) in [5.74, 6) is -0.0483. The second kappa shape index (κ2) is 5.22. The Balaban J connectivity index is 1.86. The summed E-state index contributed by atoms with van der Waals surface area (Å²) < 4.78 is 0. The first-order valence-corrected chi connectivity index (χ1v) is 7.00. The van der Waals surface area contributed by atoms with Gasteiger partial charge in [-0.2, -0.15) is 0 Å². The first-order chi connectivity index (χ1) is 10.1. The molecular formula is C17H19N3O. The van der Waals surface area contributed by atoms with Gasteiger partial charge in [-0.05, 0) is 17.7 Å². The number of amides is 1. The van der Waals surface area contributed by atoms with Crippen LogP contribution < -0.4 is 15.5 Å². The minimum absolute atomic E-state index is 0.0483. The van der Waals surface area contributed by atoms with Crippen molar-refractivity contribution in [1.82, 2.24) is 0 Å². The summed E-state index contributed by atoms with van der Waals surface area (Å²) in [5.41, 5.74) is 10.1. The number of nitrogens with two attached hydrogens (primary N) is 1. The standard InChI is InChI=1S/C17H19N3O/c1-19(11-12-6-4-3-5-7-12)13-8-9-14-15(10-13)20(2)17(21)16(14)18/h3-10,16H,11,18H2,1-2H3. The van der Waals surface area contributed by atoms with Gasteiger partial charge in [0.2, 0.25) is 5.91 Å². The van der Waals surface area contributed by atoms with E-state index in [9.17, 15) is 4.79 Å². The van der Waals surface area contributed by atoms with Crippen LogP contribution in [0, 0.1) is 0 Å². The van der Waals surface area contributed by atoms with Crippen molar-refractivity contribution in [3.63, 3.8) is 0 Å². The van der Waals surface area contributed by atoms with Crippen LogP contribution in [-0.4, -0.2) is 20.0 Å². The molecule has 0 aliphatic carbocycles. The van der Waals surface area contributed by atoms with Gasteiger partial charge in [0.05, 0.1) is 5.69 Å². The molecule has 1 atom stereocenters. The van der Waals surface area contributed by atoms with E-state index in [1.807, 2.05) is 43.4 Å². The van der Waals surface area contributed by atoms with Gasteiger partial charge in [0.1, 0.15) is 6.04 Å². The SMILES string of the molecule is CN(Cc1ccccc1)c1ccc2c(c1)N(C)C(=O)C2N. The maximum absolute atomic E-state index is 11.9. The van der Waals surface area contributed by atoms with Crippen LogP contribution in [0.3, 0.4) is 0 Å². The largest absolute Gasteiger partial charge is 0.370 e. The summed E-state index contributed by atoms with van der Waals surface area (Å²) in [6, 6.07) is 15.8. The topological polar surface area (TPSA) is 49.6 Å². The summed E-state index contributed by atoms with van der Waals surface area (Å²) >= 11 is 0. The predicted octanol–water partition coefficient (Wildman–Crippen LogP) is 2.30. The Morgan fingerprint density at radius 3 is 2.62 bits per heavy atom. The Morgan fingerprint density at radius 1 is 1.19 bits per heavy atom. The molecule has 1 aliphatic heterocycles. The third kappa shape index (κ3) is 2.38. The molecule has 0 saturated heterocycles. The summed E-state index contributed by atoms with van der Waals surface area (Å²) in [4.78, 5) is 15.7. The van der Waals surface area contributed by atoms with E-state index in [-0.39, 0.29) is 5.91 Å². The van der Waals surface area contributed by atoms with Crippen LogP contribution in [0.5, 0.6) is 0 Å². The average molecular weight is 281 g/mol. The molecule has 1 heterocycles. The summed E-state index contributed by atoms with van der Waals surface area (Å²) in [5, 5.41) is 0. The Bertz CT molecular complexity index is 669. The fraction of sp³-hybridized carbons (Fsp3) is 0.235. The van der Waals surface area contributed by atoms with Crippen molar-refractivity contribution in [2.75, 3.05) is 23.9 Å². The molecule has 2 aromatic carbocycles. The maximum Gasteiger partial charge on any atom is 0.248 e. The van der Waals surface area contributed by atoms with Crippen LogP contribution in [0.15, 0.2) is 48.5 Å². The molecule has 2 N–H and O–H groups in total. The van der Waals surface area contributed by atoms with Gasteiger partial charge < -0.3 is 15.5 Å². The van der Waals surface area contributed by atoms with Crippen molar-refractivity contribution < 1.29 is 4.79 Å². The Morgan fingerprint density at radius 2 is 1.90 bits per heavy atom. The molecular weight excluding hydrogens is 262 g/mol. The van der Waals surface area contributed by atoms with Gasteiger partial charge in [-0.15, -0.1) is 0 Å². The minimum Gasteiger partial charge on any atom is -0.370 e. The van der Waals surface area contributed by atoms with Crippen molar-refractivity contribution in [2.45, 2.75) is 12.6 Å². The average Bonchev–Trinajstić information content (AvgIpc) is 2.73. The molecule has 1 aliphatic rings. The quantitative estimate of drug-likeness (QED) is 0.939. The zero-order valence-electron chi connectivity index (χ0n) is 12.3. The van der Waals surface area contributed by atoms with Crippen molar-refractivity contribution >= 4 is 17.3 Å². The van der Waals surface area contributed by atoms with Crippen LogP contribution in [0.2, 0.25) is 0 Å². The third-order valence-corrected chi connectivity index (χ3v) is 4.01. The minimum atomic E-state index is -0.529. The smallest absolute Gasteiger partial charge is 0.248 e. The van der Waals surface area contributed by atoms with Crippen LogP contribution in [0.1, 0.15) is 17.2 Å². The summed E-state index contributed by atoms with van der Waals surface area (Å²) in [6.45, 7) is 0.823. The van der Waals surface area contributed by atoms with Gasteiger partial charge in [-0.1, -0.05) is 36.4 Å². The number of anilines is 2. The second-order valence-corrected chi connectivity index (χ2v) is 5.46. The van der Waals surface area contributed by atoms with Crippen molar-refractivity contribution in [3.8, 4) is 0 Å². The number of hydrogen-bond donors (Lipinski definition) is 1. The van der Waals surface area contributed by atoms with E-state index in [0.29, 0.717) is 0 Å². The summed E-state index contributed by atoms with van der Waals surface area (Å²) in [7, 11) is 3.82. The zero-order chi connectivity index (χ0) is 15.0. The highest BCUT2D eigenvalue weighted by atomic mass is 16.2. The van der Waals surface area contributed by atoms with Crippen molar-refractivity contribution in [1.29, 1.82) is 0 Å². The van der Waals surface area contributed by atoms with Crippen molar-refractivity contribution in [2.24, 2.45) is 5.73 Å². The molecule has 0 saturated carbocycles. The fourth-order valence-electron chi connectivity index (χ4n) is 2.73. The van der Waals surface area contributed by atoms with E-state index in [0.717, 1.165) is 23.5 Å². The first kappa shape index (κ1) is 13.6. The van der Waals surface area contributed by atoms with Gasteiger partial charge in [0, 0.05) is 31.9 Å². The molecule has 1 unspecified atom stereocenters. The molecule has 108 valence electrons. The fourth-order valence-corrected chi connectivity index (χ4v) is 2.73. The third-order valence-electron chi connectivity index (χ3n) is 4.01. The molecule has 1 amide bonds. The molecule has 0 spiro atoms. The molecule has 2 aromatic rings. The van der Waals surface area contributed by atoms with Gasteiger partial charge in [0.15, 0.2) is 0 Å². The highest BCUT2D eigenvalue weighted by Gasteiger charge is 2.32. The number of benzene rings is 2. The van der Waals surface area contributed by atoms with Gasteiger partial charge in [-0.3, -0.25) is 4.79 Å². The molecule has 0 aromatic heterocycles. The lowest BCUT2D eigenvalue weighted by molar-refractivity contribution is -0.118. The molecule has 21 heavy (non-hydrogen) atoms. The Labute approximate surface area is 124 Å². The highest BCUT2D eigenvalue weighted by molar-refractivity contribution is 6.04. The second-order valence-electron chi connectivity index (χ2n) is 5.46. The number of carbonyl (C=O) groups excluding carboxylic acids is 1. The normalized spacial score (nSPS) is 17.0. The monoisotopic (exact) mass is 281 g/mol. The molecule has 0 bridgehead atoms. The number of likely N-dealkylation sites (N-methyl/N-ethyl adjacent to an activating group) is 1. The van der Waals surface area contributed by atoms with E-state index < -0.39 is 6.04 Å². The molecule has 0 radical (unpaired) electrons. The van der Waals surface area contributed by atoms with Gasteiger partial charge >= 0.3 is 0 Å². The summed E-state index contributed by atoms with van der Waals surface area (Å²) in [6.07, 6.45) is 0. The van der Waals surface area contributed by atoms with Crippen LogP contribution in [0.4, 0.5) is 11.4 Å². The molecule has 4 nitrogen and oxygen atoms in total. The number of fused-ring (bicyclic) bond motifs is 1. The van der Waals surface area contributed by atoms with E-state index >= 15 is 0 Å². The lowest BCUT2D eigenvalue weighted by atomic mass is 10.1. The van der Waals surface area contributed by atoms with E-state index in [1.165, 1.54) is 5.56 Å². The number of rotatable bonds is 3. The molecule has 3 rings (SSSR count). The Kier molecular flexibility index (Phi) is 3.39. The van der Waals surface area contributed by atoms with Crippen LogP contribution in [-0.2, 0) is 11.3 Å². The van der Waals surface area contributed by atoms with E-state index in [2.05, 4.69) is 17.0 Å². The van der Waals surface area contributed by atoms with Crippen LogP contribution >= 0.6 is 0 Å². The van der Waals surface area contributed by atoms with Gasteiger partial charge in [-0.25, -0.2) is 0 Å². The van der Waals surface area contributed by atoms with E-state index in [4.69, 9.17) is 5.73 Å². The lowest BCUT2D eigenvalue weighted by Crippen LogP contribution is -2.27. The highest BCUT2D eigenvalue weighted by Crippen LogP contribution is 2.36.